The van der Waals surface area contributed by atoms with Crippen LogP contribution in [-0.4, -0.2) is 46.9 Å². The van der Waals surface area contributed by atoms with Crippen molar-refractivity contribution in [1.82, 2.24) is 5.32 Å². The summed E-state index contributed by atoms with van der Waals surface area (Å²) in [4.78, 5) is 26.0. The van der Waals surface area contributed by atoms with E-state index < -0.39 is 18.2 Å². The largest absolute Gasteiger partial charge is 0.461 e. The van der Waals surface area contributed by atoms with E-state index in [1.54, 1.807) is 0 Å². The van der Waals surface area contributed by atoms with Crippen molar-refractivity contribution in [2.24, 2.45) is 0 Å². The number of carbonyl (C=O) groups excluding carboxylic acids is 2. The summed E-state index contributed by atoms with van der Waals surface area (Å²) in [5, 5.41) is 23.6. The molecule has 6 nitrogen and oxygen atoms in total. The van der Waals surface area contributed by atoms with Crippen molar-refractivity contribution < 1.29 is 24.5 Å². The van der Waals surface area contributed by atoms with Crippen LogP contribution in [0.15, 0.2) is 134 Å². The molecule has 0 aromatic carbocycles. The van der Waals surface area contributed by atoms with Gasteiger partial charge in [-0.05, 0) is 57.8 Å². The second kappa shape index (κ2) is 47.1. The molecule has 0 aliphatic carbocycles. The fourth-order valence-corrected chi connectivity index (χ4v) is 6.30. The smallest absolute Gasteiger partial charge is 0.306 e. The highest BCUT2D eigenvalue weighted by Crippen LogP contribution is 2.15. The Kier molecular flexibility index (Phi) is 44.0. The first-order valence-electron chi connectivity index (χ1n) is 24.0. The maximum absolute atomic E-state index is 13.1. The normalized spacial score (nSPS) is 14.5. The molecule has 0 radical (unpaired) electrons. The number of ether oxygens (including phenoxy) is 1. The minimum atomic E-state index is -0.838. The number of allylic oxidation sites excluding steroid dienone is 21. The number of amides is 1. The van der Waals surface area contributed by atoms with Crippen LogP contribution in [0, 0.1) is 0 Å². The van der Waals surface area contributed by atoms with Crippen LogP contribution < -0.4 is 5.32 Å². The van der Waals surface area contributed by atoms with Crippen LogP contribution >= 0.6 is 0 Å². The van der Waals surface area contributed by atoms with E-state index in [-0.39, 0.29) is 31.3 Å². The maximum Gasteiger partial charge on any atom is 0.306 e. The number of hydrogen-bond acceptors (Lipinski definition) is 5. The lowest BCUT2D eigenvalue weighted by Gasteiger charge is -2.24. The first-order valence-corrected chi connectivity index (χ1v) is 24.0. The number of unbranched alkanes of at least 4 members (excludes halogenated alkanes) is 11. The van der Waals surface area contributed by atoms with E-state index >= 15 is 0 Å². The van der Waals surface area contributed by atoms with Gasteiger partial charge in [0.05, 0.1) is 25.2 Å². The van der Waals surface area contributed by atoms with Gasteiger partial charge in [-0.2, -0.15) is 0 Å². The first-order chi connectivity index (χ1) is 30.0. The summed E-state index contributed by atoms with van der Waals surface area (Å²) >= 11 is 0. The Morgan fingerprint density at radius 3 is 1.43 bits per heavy atom. The number of nitrogens with one attached hydrogen (secondary N) is 1. The number of carbonyl (C=O) groups is 2. The lowest BCUT2D eigenvalue weighted by molar-refractivity contribution is -0.150. The Morgan fingerprint density at radius 1 is 0.525 bits per heavy atom. The molecule has 0 aromatic heterocycles. The molecule has 61 heavy (non-hydrogen) atoms. The predicted molar refractivity (Wildman–Crippen MR) is 263 cm³/mol. The molecule has 0 saturated heterocycles. The standard InChI is InChI=1S/C55H87NO5/c1-4-7-10-13-16-19-22-24-25-26-27-28-29-30-33-36-39-42-45-48-55(60)61-51(46-43-40-37-34-31-21-18-15-12-9-6-3)49-54(59)56-52(50-57)53(58)47-44-41-38-35-32-23-20-17-14-11-8-5-2/h7,9-10,12,15-16,18-19,21,24-25,27-28,30-31,33-34,37,39-40,42-43,51-53,57-58H,4-6,8,11,13-14,17,20,22-23,26,29,32,35-36,38,41,44-50H2,1-3H3,(H,56,59)/b10-7-,12-9+,18-15+,19-16-,25-24-,28-27-,31-21-,33-30-,37-34-,42-39-,43-40+. The Labute approximate surface area is 373 Å². The zero-order valence-corrected chi connectivity index (χ0v) is 38.7. The van der Waals surface area contributed by atoms with E-state index in [1.807, 2.05) is 66.8 Å². The number of aliphatic hydroxyl groups excluding tert-OH is 2. The van der Waals surface area contributed by atoms with E-state index in [2.05, 4.69) is 92.9 Å². The topological polar surface area (TPSA) is 95.9 Å². The van der Waals surface area contributed by atoms with E-state index in [9.17, 15) is 19.8 Å². The molecule has 0 rings (SSSR count). The first kappa shape index (κ1) is 57.0. The zero-order valence-electron chi connectivity index (χ0n) is 38.7. The highest BCUT2D eigenvalue weighted by molar-refractivity contribution is 5.77. The van der Waals surface area contributed by atoms with Gasteiger partial charge in [-0.1, -0.05) is 231 Å². The van der Waals surface area contributed by atoms with Gasteiger partial charge in [0.15, 0.2) is 0 Å². The van der Waals surface area contributed by atoms with Gasteiger partial charge in [0.2, 0.25) is 5.91 Å². The van der Waals surface area contributed by atoms with Crippen molar-refractivity contribution >= 4 is 11.9 Å². The Morgan fingerprint density at radius 2 is 0.951 bits per heavy atom. The van der Waals surface area contributed by atoms with Crippen molar-refractivity contribution in [3.05, 3.63) is 134 Å². The summed E-state index contributed by atoms with van der Waals surface area (Å²) in [5.74, 6) is -0.725. The molecular formula is C55H87NO5. The molecule has 0 saturated carbocycles. The van der Waals surface area contributed by atoms with Crippen molar-refractivity contribution in [2.75, 3.05) is 6.61 Å². The molecule has 0 aliphatic heterocycles. The van der Waals surface area contributed by atoms with Gasteiger partial charge < -0.3 is 20.3 Å². The van der Waals surface area contributed by atoms with Crippen LogP contribution in [0.5, 0.6) is 0 Å². The van der Waals surface area contributed by atoms with Gasteiger partial charge in [-0.15, -0.1) is 0 Å². The summed E-state index contributed by atoms with van der Waals surface area (Å²) in [7, 11) is 0. The third-order valence-electron chi connectivity index (χ3n) is 9.87. The maximum atomic E-state index is 13.1. The molecule has 0 aromatic rings. The van der Waals surface area contributed by atoms with Gasteiger partial charge in [-0.3, -0.25) is 9.59 Å². The molecule has 0 fully saturated rings. The second-order valence-corrected chi connectivity index (χ2v) is 15.5. The Balaban J connectivity index is 4.82. The van der Waals surface area contributed by atoms with Crippen molar-refractivity contribution in [3.8, 4) is 0 Å². The molecule has 0 aliphatic rings. The van der Waals surface area contributed by atoms with Crippen LogP contribution in [0.4, 0.5) is 0 Å². The van der Waals surface area contributed by atoms with Crippen molar-refractivity contribution in [2.45, 2.75) is 193 Å². The minimum absolute atomic E-state index is 0.0580. The molecule has 1 amide bonds. The predicted octanol–water partition coefficient (Wildman–Crippen LogP) is 14.3. The molecular weight excluding hydrogens is 755 g/mol. The fourth-order valence-electron chi connectivity index (χ4n) is 6.30. The summed E-state index contributed by atoms with van der Waals surface area (Å²) in [6.07, 6.45) is 66.9. The van der Waals surface area contributed by atoms with E-state index in [0.29, 0.717) is 19.3 Å². The highest BCUT2D eigenvalue weighted by Gasteiger charge is 2.23. The quantitative estimate of drug-likeness (QED) is 0.0247. The molecule has 6 heteroatoms. The molecule has 3 N–H and O–H groups in total. The number of rotatable bonds is 40. The lowest BCUT2D eigenvalue weighted by Crippen LogP contribution is -2.46. The summed E-state index contributed by atoms with van der Waals surface area (Å²) in [6.45, 7) is 6.14. The van der Waals surface area contributed by atoms with Crippen LogP contribution in [0.2, 0.25) is 0 Å². The fraction of sp³-hybridized carbons (Fsp3) is 0.564. The zero-order chi connectivity index (χ0) is 44.5. The molecule has 342 valence electrons. The van der Waals surface area contributed by atoms with E-state index in [0.717, 1.165) is 64.2 Å². The van der Waals surface area contributed by atoms with Gasteiger partial charge >= 0.3 is 5.97 Å². The van der Waals surface area contributed by atoms with Gasteiger partial charge in [0.1, 0.15) is 6.10 Å². The number of aliphatic hydroxyl groups is 2. The third-order valence-corrected chi connectivity index (χ3v) is 9.87. The average molecular weight is 842 g/mol. The molecule has 0 bridgehead atoms. The number of hydrogen-bond donors (Lipinski definition) is 3. The third kappa shape index (κ3) is 42.5. The molecule has 0 spiro atoms. The van der Waals surface area contributed by atoms with Crippen LogP contribution in [0.3, 0.4) is 0 Å². The van der Waals surface area contributed by atoms with Crippen LogP contribution in [0.25, 0.3) is 0 Å². The molecule has 3 unspecified atom stereocenters. The summed E-state index contributed by atoms with van der Waals surface area (Å²) < 4.78 is 5.78. The minimum Gasteiger partial charge on any atom is -0.461 e. The summed E-state index contributed by atoms with van der Waals surface area (Å²) in [6, 6.07) is -0.763. The molecule has 0 heterocycles. The van der Waals surface area contributed by atoms with Crippen LogP contribution in [-0.2, 0) is 14.3 Å². The van der Waals surface area contributed by atoms with Gasteiger partial charge in [-0.25, -0.2) is 0 Å². The van der Waals surface area contributed by atoms with Crippen molar-refractivity contribution in [1.29, 1.82) is 0 Å². The SMILES string of the molecule is CC/C=C\C/C=C\C/C=C\C/C=C\C/C=C\C/C=C\CCC(=O)OC(C/C=C/C=C\C=C/C=C/C=C/CC)CC(=O)NC(CO)C(O)CCCCCCCCCCCCCC. The van der Waals surface area contributed by atoms with E-state index in [1.165, 1.54) is 57.8 Å². The second-order valence-electron chi connectivity index (χ2n) is 15.5. The lowest BCUT2D eigenvalue weighted by atomic mass is 10.0. The van der Waals surface area contributed by atoms with E-state index in [4.69, 9.17) is 4.74 Å². The number of esters is 1. The summed E-state index contributed by atoms with van der Waals surface area (Å²) in [5.41, 5.74) is 0. The van der Waals surface area contributed by atoms with Gasteiger partial charge in [0, 0.05) is 12.8 Å². The van der Waals surface area contributed by atoms with Crippen LogP contribution in [0.1, 0.15) is 175 Å². The highest BCUT2D eigenvalue weighted by atomic mass is 16.5. The van der Waals surface area contributed by atoms with Gasteiger partial charge in [0.25, 0.3) is 0 Å². The Hall–Kier alpha value is -4.00. The Bertz CT molecular complexity index is 1360. The monoisotopic (exact) mass is 842 g/mol. The average Bonchev–Trinajstić information content (AvgIpc) is 3.25. The molecule has 3 atom stereocenters. The van der Waals surface area contributed by atoms with Crippen molar-refractivity contribution in [3.63, 3.8) is 0 Å².